The Kier molecular flexibility index (Phi) is 5.69. The first-order valence-electron chi connectivity index (χ1n) is 10.2. The van der Waals surface area contributed by atoms with Crippen LogP contribution in [0.5, 0.6) is 0 Å². The van der Waals surface area contributed by atoms with E-state index >= 15 is 0 Å². The number of hydrogen-bond donors (Lipinski definition) is 1. The lowest BCUT2D eigenvalue weighted by molar-refractivity contribution is -0.175. The molecule has 28 heavy (non-hydrogen) atoms. The second-order valence-corrected chi connectivity index (χ2v) is 9.16. The zero-order chi connectivity index (χ0) is 20.7. The molecule has 1 aromatic heterocycles. The van der Waals surface area contributed by atoms with Gasteiger partial charge in [-0.3, -0.25) is 4.79 Å². The molecule has 0 bridgehead atoms. The van der Waals surface area contributed by atoms with Crippen molar-refractivity contribution >= 4 is 11.7 Å². The average molecular weight is 400 g/mol. The van der Waals surface area contributed by atoms with Gasteiger partial charge in [0.25, 0.3) is 0 Å². The highest BCUT2D eigenvalue weighted by Crippen LogP contribution is 2.44. The van der Waals surface area contributed by atoms with Crippen LogP contribution in [0, 0.1) is 5.41 Å². The van der Waals surface area contributed by atoms with Crippen LogP contribution >= 0.6 is 0 Å². The summed E-state index contributed by atoms with van der Waals surface area (Å²) in [6.45, 7) is 9.13. The molecular weight excluding hydrogens is 369 g/mol. The van der Waals surface area contributed by atoms with Crippen molar-refractivity contribution in [3.8, 4) is 0 Å². The molecular formula is C20H31F3N4O. The van der Waals surface area contributed by atoms with Crippen molar-refractivity contribution in [3.05, 3.63) is 11.8 Å². The van der Waals surface area contributed by atoms with Gasteiger partial charge in [0.2, 0.25) is 5.91 Å². The lowest BCUT2D eigenvalue weighted by Gasteiger charge is -2.39. The van der Waals surface area contributed by atoms with Crippen molar-refractivity contribution in [1.29, 1.82) is 0 Å². The first-order valence-corrected chi connectivity index (χ1v) is 10.2. The van der Waals surface area contributed by atoms with Gasteiger partial charge < -0.3 is 10.2 Å². The predicted octanol–water partition coefficient (Wildman–Crippen LogP) is 4.72. The number of likely N-dealkylation sites (tertiary alicyclic amines) is 1. The van der Waals surface area contributed by atoms with E-state index in [1.165, 1.54) is 0 Å². The second-order valence-electron chi connectivity index (χ2n) is 9.16. The summed E-state index contributed by atoms with van der Waals surface area (Å²) in [6, 6.07) is -0.0946. The number of amides is 1. The minimum Gasteiger partial charge on any atom is -0.367 e. The Labute approximate surface area is 164 Å². The molecule has 1 fully saturated rings. The van der Waals surface area contributed by atoms with E-state index in [1.807, 2.05) is 32.6 Å². The number of halogens is 3. The smallest absolute Gasteiger partial charge is 0.367 e. The van der Waals surface area contributed by atoms with Crippen LogP contribution in [0.1, 0.15) is 77.5 Å². The summed E-state index contributed by atoms with van der Waals surface area (Å²) in [5.41, 5.74) is 0.415. The SMILES string of the molecule is CCCC(=O)N1CCC(c2cc3n(n2)[C@@H](C(F)(F)F)C[C@@H](C(C)(C)C)N3)CC1. The summed E-state index contributed by atoms with van der Waals surface area (Å²) in [5, 5.41) is 7.65. The van der Waals surface area contributed by atoms with E-state index < -0.39 is 12.2 Å². The van der Waals surface area contributed by atoms with Crippen LogP contribution in [0.2, 0.25) is 0 Å². The monoisotopic (exact) mass is 400 g/mol. The number of nitrogens with one attached hydrogen (secondary N) is 1. The Morgan fingerprint density at radius 2 is 1.89 bits per heavy atom. The van der Waals surface area contributed by atoms with E-state index in [-0.39, 0.29) is 29.7 Å². The number of rotatable bonds is 3. The van der Waals surface area contributed by atoms with Crippen LogP contribution in [0.25, 0.3) is 0 Å². The number of anilines is 1. The standard InChI is InChI=1S/C20H31F3N4O/c1-5-6-18(28)26-9-7-13(8-10-26)14-11-17-24-15(19(2,3)4)12-16(20(21,22)23)27(17)25-14/h11,13,15-16,24H,5-10,12H2,1-4H3/t15-,16+/m0/s1. The zero-order valence-corrected chi connectivity index (χ0v) is 17.1. The van der Waals surface area contributed by atoms with E-state index in [0.29, 0.717) is 31.0 Å². The van der Waals surface area contributed by atoms with Gasteiger partial charge in [-0.05, 0) is 31.1 Å². The molecule has 0 spiro atoms. The van der Waals surface area contributed by atoms with E-state index in [9.17, 15) is 18.0 Å². The van der Waals surface area contributed by atoms with Gasteiger partial charge in [0.15, 0.2) is 6.04 Å². The van der Waals surface area contributed by atoms with E-state index in [1.54, 1.807) is 6.07 Å². The maximum absolute atomic E-state index is 13.7. The van der Waals surface area contributed by atoms with Crippen molar-refractivity contribution in [1.82, 2.24) is 14.7 Å². The zero-order valence-electron chi connectivity index (χ0n) is 17.1. The first-order chi connectivity index (χ1) is 13.0. The van der Waals surface area contributed by atoms with Crippen LogP contribution in [0.3, 0.4) is 0 Å². The number of carbonyl (C=O) groups excluding carboxylic acids is 1. The Hall–Kier alpha value is -1.73. The van der Waals surface area contributed by atoms with Crippen molar-refractivity contribution in [2.75, 3.05) is 18.4 Å². The fraction of sp³-hybridized carbons (Fsp3) is 0.800. The largest absolute Gasteiger partial charge is 0.410 e. The third kappa shape index (κ3) is 4.30. The quantitative estimate of drug-likeness (QED) is 0.799. The van der Waals surface area contributed by atoms with Crippen molar-refractivity contribution < 1.29 is 18.0 Å². The third-order valence-electron chi connectivity index (χ3n) is 5.98. The molecule has 0 aliphatic carbocycles. The molecule has 1 aromatic rings. The van der Waals surface area contributed by atoms with Crippen LogP contribution in [-0.2, 0) is 4.79 Å². The van der Waals surface area contributed by atoms with Crippen LogP contribution < -0.4 is 5.32 Å². The fourth-order valence-corrected chi connectivity index (χ4v) is 4.16. The average Bonchev–Trinajstić information content (AvgIpc) is 3.03. The summed E-state index contributed by atoms with van der Waals surface area (Å²) in [7, 11) is 0. The lowest BCUT2D eigenvalue weighted by Crippen LogP contribution is -2.44. The maximum Gasteiger partial charge on any atom is 0.410 e. The van der Waals surface area contributed by atoms with Gasteiger partial charge >= 0.3 is 6.18 Å². The number of piperidine rings is 1. The van der Waals surface area contributed by atoms with Gasteiger partial charge in [-0.1, -0.05) is 27.7 Å². The van der Waals surface area contributed by atoms with Gasteiger partial charge in [0.05, 0.1) is 5.69 Å². The van der Waals surface area contributed by atoms with Gasteiger partial charge in [-0.15, -0.1) is 0 Å². The number of aromatic nitrogens is 2. The van der Waals surface area contributed by atoms with E-state index in [4.69, 9.17) is 0 Å². The molecule has 8 heteroatoms. The highest BCUT2D eigenvalue weighted by Gasteiger charge is 2.48. The predicted molar refractivity (Wildman–Crippen MR) is 102 cm³/mol. The molecule has 2 aliphatic rings. The summed E-state index contributed by atoms with van der Waals surface area (Å²) in [5.74, 6) is 0.706. The topological polar surface area (TPSA) is 50.2 Å². The highest BCUT2D eigenvalue weighted by atomic mass is 19.4. The molecule has 0 aromatic carbocycles. The summed E-state index contributed by atoms with van der Waals surface area (Å²) >= 11 is 0. The van der Waals surface area contributed by atoms with E-state index in [0.717, 1.165) is 23.9 Å². The molecule has 0 unspecified atom stereocenters. The number of carbonyl (C=O) groups is 1. The fourth-order valence-electron chi connectivity index (χ4n) is 4.16. The molecule has 3 rings (SSSR count). The number of fused-ring (bicyclic) bond motifs is 1. The number of nitrogens with zero attached hydrogens (tertiary/aromatic N) is 3. The van der Waals surface area contributed by atoms with Crippen LogP contribution in [-0.4, -0.2) is 45.9 Å². The first kappa shape index (κ1) is 21.0. The number of alkyl halides is 3. The summed E-state index contributed by atoms with van der Waals surface area (Å²) < 4.78 is 42.3. The summed E-state index contributed by atoms with van der Waals surface area (Å²) in [6.07, 6.45) is -1.50. The third-order valence-corrected chi connectivity index (χ3v) is 5.98. The van der Waals surface area contributed by atoms with Crippen molar-refractivity contribution in [2.24, 2.45) is 5.41 Å². The molecule has 0 radical (unpaired) electrons. The lowest BCUT2D eigenvalue weighted by atomic mass is 9.82. The Morgan fingerprint density at radius 3 is 2.43 bits per heavy atom. The minimum absolute atomic E-state index is 0.0227. The molecule has 2 aliphatic heterocycles. The molecule has 1 amide bonds. The number of hydrogen-bond acceptors (Lipinski definition) is 3. The Balaban J connectivity index is 1.78. The van der Waals surface area contributed by atoms with Crippen LogP contribution in [0.4, 0.5) is 19.0 Å². The summed E-state index contributed by atoms with van der Waals surface area (Å²) in [4.78, 5) is 13.9. The Bertz CT molecular complexity index is 699. The van der Waals surface area contributed by atoms with Gasteiger partial charge in [0, 0.05) is 37.5 Å². The van der Waals surface area contributed by atoms with Gasteiger partial charge in [0.1, 0.15) is 5.82 Å². The van der Waals surface area contributed by atoms with Gasteiger partial charge in [-0.25, -0.2) is 4.68 Å². The molecule has 3 heterocycles. The highest BCUT2D eigenvalue weighted by molar-refractivity contribution is 5.76. The van der Waals surface area contributed by atoms with Gasteiger partial charge in [-0.2, -0.15) is 18.3 Å². The second kappa shape index (κ2) is 7.59. The minimum atomic E-state index is -4.33. The maximum atomic E-state index is 13.7. The molecule has 5 nitrogen and oxygen atoms in total. The van der Waals surface area contributed by atoms with Crippen LogP contribution in [0.15, 0.2) is 6.07 Å². The van der Waals surface area contributed by atoms with E-state index in [2.05, 4.69) is 10.4 Å². The van der Waals surface area contributed by atoms with Crippen molar-refractivity contribution in [2.45, 2.75) is 84.0 Å². The normalized spacial score (nSPS) is 24.0. The Morgan fingerprint density at radius 1 is 1.25 bits per heavy atom. The molecule has 2 atom stereocenters. The molecule has 0 saturated carbocycles. The van der Waals surface area contributed by atoms with Crippen molar-refractivity contribution in [3.63, 3.8) is 0 Å². The molecule has 1 saturated heterocycles. The molecule has 1 N–H and O–H groups in total. The molecule has 158 valence electrons.